The SMILES string of the molecule is COc1c(Cl)cc(/C=C2\SC(=O)N(CCOc3cc(C)ccc3C)C2=O)cc1Cl. The molecule has 152 valence electrons. The number of imide groups is 1. The molecule has 0 aliphatic carbocycles. The number of nitrogens with zero attached hydrogens (tertiary/aromatic N) is 1. The van der Waals surface area contributed by atoms with E-state index >= 15 is 0 Å². The first-order chi connectivity index (χ1) is 13.8. The minimum atomic E-state index is -0.368. The molecule has 2 amide bonds. The molecule has 2 aromatic rings. The van der Waals surface area contributed by atoms with Crippen LogP contribution in [0, 0.1) is 13.8 Å². The van der Waals surface area contributed by atoms with Crippen molar-refractivity contribution in [1.82, 2.24) is 4.90 Å². The second-order valence-corrected chi connectivity index (χ2v) is 8.28. The van der Waals surface area contributed by atoms with E-state index in [2.05, 4.69) is 0 Å². The van der Waals surface area contributed by atoms with Crippen LogP contribution in [0.5, 0.6) is 11.5 Å². The number of hydrogen-bond donors (Lipinski definition) is 0. The summed E-state index contributed by atoms with van der Waals surface area (Å²) in [6.07, 6.45) is 1.59. The van der Waals surface area contributed by atoms with Crippen LogP contribution in [0.3, 0.4) is 0 Å². The molecule has 1 heterocycles. The maximum absolute atomic E-state index is 12.6. The number of carbonyl (C=O) groups excluding carboxylic acids is 2. The van der Waals surface area contributed by atoms with Crippen molar-refractivity contribution in [2.24, 2.45) is 0 Å². The van der Waals surface area contributed by atoms with Crippen molar-refractivity contribution in [3.8, 4) is 11.5 Å². The fraction of sp³-hybridized carbons (Fsp3) is 0.238. The number of benzene rings is 2. The minimum absolute atomic E-state index is 0.166. The van der Waals surface area contributed by atoms with Crippen LogP contribution in [0.4, 0.5) is 4.79 Å². The quantitative estimate of drug-likeness (QED) is 0.524. The van der Waals surface area contributed by atoms with Crippen molar-refractivity contribution in [3.05, 3.63) is 62.0 Å². The fourth-order valence-corrected chi connectivity index (χ4v) is 4.33. The molecular weight excluding hydrogens is 433 g/mol. The van der Waals surface area contributed by atoms with Gasteiger partial charge in [-0.3, -0.25) is 14.5 Å². The van der Waals surface area contributed by atoms with E-state index in [0.717, 1.165) is 28.6 Å². The average Bonchev–Trinajstić information content (AvgIpc) is 2.91. The lowest BCUT2D eigenvalue weighted by molar-refractivity contribution is -0.123. The Morgan fingerprint density at radius 3 is 2.45 bits per heavy atom. The van der Waals surface area contributed by atoms with Gasteiger partial charge in [0.25, 0.3) is 11.1 Å². The fourth-order valence-electron chi connectivity index (χ4n) is 2.81. The Kier molecular flexibility index (Phi) is 6.77. The molecule has 5 nitrogen and oxygen atoms in total. The topological polar surface area (TPSA) is 55.8 Å². The first kappa shape index (κ1) is 21.6. The highest BCUT2D eigenvalue weighted by Gasteiger charge is 2.34. The average molecular weight is 452 g/mol. The molecule has 0 radical (unpaired) electrons. The van der Waals surface area contributed by atoms with E-state index in [9.17, 15) is 9.59 Å². The number of hydrogen-bond acceptors (Lipinski definition) is 5. The Labute approximate surface area is 183 Å². The zero-order valence-electron chi connectivity index (χ0n) is 16.1. The highest BCUT2D eigenvalue weighted by Crippen LogP contribution is 2.37. The van der Waals surface area contributed by atoms with E-state index in [1.165, 1.54) is 12.0 Å². The van der Waals surface area contributed by atoms with E-state index in [1.807, 2.05) is 32.0 Å². The van der Waals surface area contributed by atoms with E-state index in [4.69, 9.17) is 32.7 Å². The highest BCUT2D eigenvalue weighted by atomic mass is 35.5. The number of halogens is 2. The molecule has 0 spiro atoms. The van der Waals surface area contributed by atoms with Crippen LogP contribution in [0.15, 0.2) is 35.2 Å². The summed E-state index contributed by atoms with van der Waals surface area (Å²) in [6, 6.07) is 9.16. The number of ether oxygens (including phenoxy) is 2. The van der Waals surface area contributed by atoms with Crippen molar-refractivity contribution in [1.29, 1.82) is 0 Å². The van der Waals surface area contributed by atoms with Gasteiger partial charge < -0.3 is 9.47 Å². The lowest BCUT2D eigenvalue weighted by atomic mass is 10.1. The highest BCUT2D eigenvalue weighted by molar-refractivity contribution is 8.18. The number of methoxy groups -OCH3 is 1. The maximum atomic E-state index is 12.6. The summed E-state index contributed by atoms with van der Waals surface area (Å²) in [7, 11) is 1.47. The van der Waals surface area contributed by atoms with Gasteiger partial charge in [-0.15, -0.1) is 0 Å². The molecule has 0 bridgehead atoms. The Balaban J connectivity index is 1.69. The van der Waals surface area contributed by atoms with Crippen molar-refractivity contribution in [2.45, 2.75) is 13.8 Å². The Morgan fingerprint density at radius 1 is 1.10 bits per heavy atom. The monoisotopic (exact) mass is 451 g/mol. The van der Waals surface area contributed by atoms with E-state index < -0.39 is 0 Å². The molecule has 0 N–H and O–H groups in total. The zero-order valence-corrected chi connectivity index (χ0v) is 18.5. The number of rotatable bonds is 6. The molecule has 1 fully saturated rings. The number of amides is 2. The second kappa shape index (κ2) is 9.11. The van der Waals surface area contributed by atoms with E-state index in [1.54, 1.807) is 18.2 Å². The van der Waals surface area contributed by atoms with Crippen LogP contribution < -0.4 is 9.47 Å². The molecule has 29 heavy (non-hydrogen) atoms. The van der Waals surface area contributed by atoms with Gasteiger partial charge in [-0.25, -0.2) is 0 Å². The Hall–Kier alpha value is -2.15. The molecule has 1 aliphatic rings. The van der Waals surface area contributed by atoms with Crippen molar-refractivity contribution in [2.75, 3.05) is 20.3 Å². The van der Waals surface area contributed by atoms with Gasteiger partial charge in [0.15, 0.2) is 5.75 Å². The molecule has 0 atom stereocenters. The third kappa shape index (κ3) is 4.89. The first-order valence-electron chi connectivity index (χ1n) is 8.78. The van der Waals surface area contributed by atoms with Crippen molar-refractivity contribution >= 4 is 52.2 Å². The van der Waals surface area contributed by atoms with Gasteiger partial charge in [0.2, 0.25) is 0 Å². The first-order valence-corrected chi connectivity index (χ1v) is 10.4. The molecule has 1 aliphatic heterocycles. The predicted molar refractivity (Wildman–Crippen MR) is 117 cm³/mol. The molecule has 0 unspecified atom stereocenters. The molecule has 0 aromatic heterocycles. The van der Waals surface area contributed by atoms with E-state index in [0.29, 0.717) is 26.3 Å². The molecule has 3 rings (SSSR count). The summed E-state index contributed by atoms with van der Waals surface area (Å²) in [5.41, 5.74) is 2.69. The van der Waals surface area contributed by atoms with Crippen LogP contribution in [-0.4, -0.2) is 36.3 Å². The maximum Gasteiger partial charge on any atom is 0.293 e. The van der Waals surface area contributed by atoms with Crippen LogP contribution >= 0.6 is 35.0 Å². The summed E-state index contributed by atoms with van der Waals surface area (Å²) in [5, 5.41) is 0.316. The third-order valence-corrected chi connectivity index (χ3v) is 5.78. The summed E-state index contributed by atoms with van der Waals surface area (Å²) < 4.78 is 10.9. The smallest absolute Gasteiger partial charge is 0.293 e. The van der Waals surface area contributed by atoms with Gasteiger partial charge in [-0.1, -0.05) is 35.3 Å². The van der Waals surface area contributed by atoms with Gasteiger partial charge >= 0.3 is 0 Å². The summed E-state index contributed by atoms with van der Waals surface area (Å²) in [6.45, 7) is 4.31. The van der Waals surface area contributed by atoms with Gasteiger partial charge in [0, 0.05) is 0 Å². The van der Waals surface area contributed by atoms with Crippen LogP contribution in [-0.2, 0) is 4.79 Å². The van der Waals surface area contributed by atoms with Crippen molar-refractivity contribution in [3.63, 3.8) is 0 Å². The molecular formula is C21H19Cl2NO4S. The van der Waals surface area contributed by atoms with Crippen LogP contribution in [0.2, 0.25) is 10.0 Å². The van der Waals surface area contributed by atoms with Gasteiger partial charge in [0.05, 0.1) is 28.6 Å². The van der Waals surface area contributed by atoms with Gasteiger partial charge in [0.1, 0.15) is 12.4 Å². The Bertz CT molecular complexity index is 983. The zero-order chi connectivity index (χ0) is 21.1. The summed E-state index contributed by atoms with van der Waals surface area (Å²) >= 11 is 13.2. The second-order valence-electron chi connectivity index (χ2n) is 6.47. The molecule has 0 saturated carbocycles. The van der Waals surface area contributed by atoms with Crippen LogP contribution in [0.25, 0.3) is 6.08 Å². The van der Waals surface area contributed by atoms with Gasteiger partial charge in [-0.05, 0) is 66.6 Å². The number of aryl methyl sites for hydroxylation is 2. The van der Waals surface area contributed by atoms with Crippen molar-refractivity contribution < 1.29 is 19.1 Å². The standard InChI is InChI=1S/C21H19Cl2NO4S/c1-12-4-5-13(2)17(8-12)28-7-6-24-20(25)18(29-21(24)26)11-14-9-15(22)19(27-3)16(23)10-14/h4-5,8-11H,6-7H2,1-3H3/b18-11-. The normalized spacial score (nSPS) is 15.3. The molecule has 2 aromatic carbocycles. The Morgan fingerprint density at radius 2 is 1.79 bits per heavy atom. The summed E-state index contributed by atoms with van der Waals surface area (Å²) in [5.74, 6) is 0.741. The summed E-state index contributed by atoms with van der Waals surface area (Å²) in [4.78, 5) is 26.4. The van der Waals surface area contributed by atoms with Gasteiger partial charge in [-0.2, -0.15) is 0 Å². The minimum Gasteiger partial charge on any atom is -0.494 e. The van der Waals surface area contributed by atoms with Crippen LogP contribution in [0.1, 0.15) is 16.7 Å². The van der Waals surface area contributed by atoms with E-state index in [-0.39, 0.29) is 24.3 Å². The number of thioether (sulfide) groups is 1. The molecule has 1 saturated heterocycles. The molecule has 8 heteroatoms. The lowest BCUT2D eigenvalue weighted by Gasteiger charge is -2.14. The predicted octanol–water partition coefficient (Wildman–Crippen LogP) is 5.73. The number of carbonyl (C=O) groups is 2. The lowest BCUT2D eigenvalue weighted by Crippen LogP contribution is -2.32. The largest absolute Gasteiger partial charge is 0.494 e. The third-order valence-electron chi connectivity index (χ3n) is 4.31.